The van der Waals surface area contributed by atoms with Gasteiger partial charge in [-0.15, -0.1) is 0 Å². The second-order valence-electron chi connectivity index (χ2n) is 4.01. The summed E-state index contributed by atoms with van der Waals surface area (Å²) in [6, 6.07) is 7.13. The highest BCUT2D eigenvalue weighted by Gasteiger charge is 2.35. The van der Waals surface area contributed by atoms with Crippen molar-refractivity contribution in [2.75, 3.05) is 0 Å². The van der Waals surface area contributed by atoms with Crippen LogP contribution in [0.4, 0.5) is 0 Å². The number of hydrogen-bond donors (Lipinski definition) is 1. The zero-order valence-electron chi connectivity index (χ0n) is 8.35. The van der Waals surface area contributed by atoms with Crippen LogP contribution in [0.3, 0.4) is 0 Å². The summed E-state index contributed by atoms with van der Waals surface area (Å²) in [6.45, 7) is 0. The Morgan fingerprint density at radius 3 is 2.73 bits per heavy atom. The lowest BCUT2D eigenvalue weighted by molar-refractivity contribution is -0.119. The fraction of sp³-hybridized carbons (Fsp3) is 0.333. The molecule has 2 rings (SSSR count). The summed E-state index contributed by atoms with van der Waals surface area (Å²) in [5, 5.41) is 0. The van der Waals surface area contributed by atoms with Crippen molar-refractivity contribution < 1.29 is 9.59 Å². The molecule has 3 nitrogen and oxygen atoms in total. The fourth-order valence-electron chi connectivity index (χ4n) is 1.92. The minimum Gasteiger partial charge on any atom is -0.369 e. The van der Waals surface area contributed by atoms with E-state index < -0.39 is 0 Å². The number of hydrogen-bond acceptors (Lipinski definition) is 2. The molecule has 0 aromatic heterocycles. The van der Waals surface area contributed by atoms with E-state index in [-0.39, 0.29) is 11.8 Å². The second-order valence-corrected chi connectivity index (χ2v) is 4.01. The first kappa shape index (κ1) is 9.90. The van der Waals surface area contributed by atoms with Crippen molar-refractivity contribution in [3.63, 3.8) is 0 Å². The van der Waals surface area contributed by atoms with Gasteiger partial charge in [-0.3, -0.25) is 9.59 Å². The summed E-state index contributed by atoms with van der Waals surface area (Å²) in [6.07, 6.45) is 2.90. The molecule has 1 aliphatic rings. The summed E-state index contributed by atoms with van der Waals surface area (Å²) >= 11 is 0. The van der Waals surface area contributed by atoms with Gasteiger partial charge < -0.3 is 5.73 Å². The van der Waals surface area contributed by atoms with E-state index in [9.17, 15) is 9.59 Å². The Morgan fingerprint density at radius 1 is 1.47 bits per heavy atom. The van der Waals surface area contributed by atoms with E-state index in [4.69, 9.17) is 5.73 Å². The van der Waals surface area contributed by atoms with E-state index in [0.29, 0.717) is 11.5 Å². The molecule has 78 valence electrons. The van der Waals surface area contributed by atoms with Crippen molar-refractivity contribution in [3.05, 3.63) is 35.4 Å². The van der Waals surface area contributed by atoms with Gasteiger partial charge in [0.15, 0.2) is 0 Å². The lowest BCUT2D eigenvalue weighted by Crippen LogP contribution is -2.23. The molecule has 1 saturated carbocycles. The Labute approximate surface area is 88.3 Å². The van der Waals surface area contributed by atoms with Gasteiger partial charge in [-0.05, 0) is 30.4 Å². The largest absolute Gasteiger partial charge is 0.369 e. The van der Waals surface area contributed by atoms with Crippen molar-refractivity contribution in [2.45, 2.75) is 18.8 Å². The monoisotopic (exact) mass is 203 g/mol. The van der Waals surface area contributed by atoms with Crippen LogP contribution in [0.1, 0.15) is 34.7 Å². The zero-order valence-corrected chi connectivity index (χ0v) is 8.35. The predicted octanol–water partition coefficient (Wildman–Crippen LogP) is 1.48. The van der Waals surface area contributed by atoms with Crippen LogP contribution in [-0.4, -0.2) is 12.2 Å². The lowest BCUT2D eigenvalue weighted by atomic mass is 9.92. The van der Waals surface area contributed by atoms with Crippen LogP contribution in [0.25, 0.3) is 0 Å². The molecule has 1 aromatic carbocycles. The van der Waals surface area contributed by atoms with Crippen molar-refractivity contribution in [3.8, 4) is 0 Å². The molecule has 1 fully saturated rings. The highest BCUT2D eigenvalue weighted by molar-refractivity contribution is 5.84. The first-order chi connectivity index (χ1) is 7.22. The van der Waals surface area contributed by atoms with Gasteiger partial charge in [0.1, 0.15) is 6.29 Å². The normalized spacial score (nSPS) is 17.1. The van der Waals surface area contributed by atoms with Crippen LogP contribution in [0.5, 0.6) is 0 Å². The molecule has 1 aromatic rings. The molecule has 0 heterocycles. The van der Waals surface area contributed by atoms with Crippen LogP contribution in [0, 0.1) is 5.92 Å². The van der Waals surface area contributed by atoms with E-state index in [1.807, 2.05) is 6.07 Å². The van der Waals surface area contributed by atoms with Crippen molar-refractivity contribution in [1.29, 1.82) is 0 Å². The molecule has 3 heteroatoms. The summed E-state index contributed by atoms with van der Waals surface area (Å²) in [5.41, 5.74) is 6.84. The Kier molecular flexibility index (Phi) is 2.54. The third kappa shape index (κ3) is 2.06. The molecule has 0 saturated heterocycles. The number of benzene rings is 1. The first-order valence-electron chi connectivity index (χ1n) is 5.07. The Balaban J connectivity index is 2.32. The molecule has 1 amide bonds. The molecule has 1 aliphatic carbocycles. The minimum absolute atomic E-state index is 0.218. The SMILES string of the molecule is NC(=O)C(c1cccc(C=O)c1)C1CC1. The van der Waals surface area contributed by atoms with Crippen molar-refractivity contribution in [2.24, 2.45) is 11.7 Å². The molecule has 15 heavy (non-hydrogen) atoms. The predicted molar refractivity (Wildman–Crippen MR) is 56.5 cm³/mol. The zero-order chi connectivity index (χ0) is 10.8. The van der Waals surface area contributed by atoms with E-state index >= 15 is 0 Å². The molecule has 0 aliphatic heterocycles. The summed E-state index contributed by atoms with van der Waals surface area (Å²) in [4.78, 5) is 21.9. The van der Waals surface area contributed by atoms with Crippen molar-refractivity contribution >= 4 is 12.2 Å². The quantitative estimate of drug-likeness (QED) is 0.753. The van der Waals surface area contributed by atoms with E-state index in [1.54, 1.807) is 18.2 Å². The standard InChI is InChI=1S/C12H13NO2/c13-12(15)11(9-4-5-9)10-3-1-2-8(6-10)7-14/h1-3,6-7,9,11H,4-5H2,(H2,13,15). The number of carbonyl (C=O) groups excluding carboxylic acids is 2. The molecule has 2 N–H and O–H groups in total. The Bertz CT molecular complexity index is 396. The van der Waals surface area contributed by atoms with Gasteiger partial charge in [-0.25, -0.2) is 0 Å². The van der Waals surface area contributed by atoms with Gasteiger partial charge in [-0.1, -0.05) is 18.2 Å². The van der Waals surface area contributed by atoms with E-state index in [2.05, 4.69) is 0 Å². The number of aldehydes is 1. The van der Waals surface area contributed by atoms with Crippen LogP contribution < -0.4 is 5.73 Å². The lowest BCUT2D eigenvalue weighted by Gasteiger charge is -2.12. The van der Waals surface area contributed by atoms with Gasteiger partial charge in [-0.2, -0.15) is 0 Å². The Morgan fingerprint density at radius 2 is 2.20 bits per heavy atom. The number of primary amides is 1. The third-order valence-electron chi connectivity index (χ3n) is 2.81. The molecule has 0 radical (unpaired) electrons. The van der Waals surface area contributed by atoms with Gasteiger partial charge in [0.05, 0.1) is 5.92 Å². The molecular weight excluding hydrogens is 190 g/mol. The minimum atomic E-state index is -0.291. The fourth-order valence-corrected chi connectivity index (χ4v) is 1.92. The van der Waals surface area contributed by atoms with Crippen LogP contribution in [-0.2, 0) is 4.79 Å². The maximum Gasteiger partial charge on any atom is 0.225 e. The van der Waals surface area contributed by atoms with Gasteiger partial charge in [0.25, 0.3) is 0 Å². The summed E-state index contributed by atoms with van der Waals surface area (Å²) in [7, 11) is 0. The average Bonchev–Trinajstić information content (AvgIpc) is 3.02. The number of rotatable bonds is 4. The highest BCUT2D eigenvalue weighted by Crippen LogP contribution is 2.42. The first-order valence-corrected chi connectivity index (χ1v) is 5.07. The van der Waals surface area contributed by atoms with Crippen LogP contribution in [0.2, 0.25) is 0 Å². The smallest absolute Gasteiger partial charge is 0.225 e. The topological polar surface area (TPSA) is 60.2 Å². The van der Waals surface area contributed by atoms with Gasteiger partial charge in [0.2, 0.25) is 5.91 Å². The van der Waals surface area contributed by atoms with E-state index in [1.165, 1.54) is 0 Å². The molecule has 0 bridgehead atoms. The van der Waals surface area contributed by atoms with Crippen molar-refractivity contribution in [1.82, 2.24) is 0 Å². The molecule has 1 atom stereocenters. The third-order valence-corrected chi connectivity index (χ3v) is 2.81. The number of amides is 1. The number of nitrogens with two attached hydrogens (primary N) is 1. The number of carbonyl (C=O) groups is 2. The van der Waals surface area contributed by atoms with Gasteiger partial charge in [0, 0.05) is 5.56 Å². The maximum absolute atomic E-state index is 11.3. The summed E-state index contributed by atoms with van der Waals surface area (Å²) < 4.78 is 0. The van der Waals surface area contributed by atoms with E-state index in [0.717, 1.165) is 24.7 Å². The van der Waals surface area contributed by atoms with Crippen LogP contribution >= 0.6 is 0 Å². The average molecular weight is 203 g/mol. The van der Waals surface area contributed by atoms with Gasteiger partial charge >= 0.3 is 0 Å². The Hall–Kier alpha value is -1.64. The molecular formula is C12H13NO2. The summed E-state index contributed by atoms with van der Waals surface area (Å²) in [5.74, 6) is -0.130. The van der Waals surface area contributed by atoms with Crippen LogP contribution in [0.15, 0.2) is 24.3 Å². The maximum atomic E-state index is 11.3. The molecule has 0 spiro atoms. The second kappa shape index (κ2) is 3.85. The highest BCUT2D eigenvalue weighted by atomic mass is 16.1. The molecule has 1 unspecified atom stereocenters.